The van der Waals surface area contributed by atoms with Crippen LogP contribution in [0.5, 0.6) is 0 Å². The third-order valence-electron chi connectivity index (χ3n) is 5.86. The molecule has 0 aliphatic heterocycles. The van der Waals surface area contributed by atoms with Crippen LogP contribution in [0.3, 0.4) is 0 Å². The van der Waals surface area contributed by atoms with Crippen LogP contribution in [0.2, 0.25) is 0 Å². The van der Waals surface area contributed by atoms with Crippen molar-refractivity contribution in [2.75, 3.05) is 5.32 Å². The molecule has 1 aliphatic carbocycles. The summed E-state index contributed by atoms with van der Waals surface area (Å²) < 4.78 is 27.6. The second kappa shape index (κ2) is 10.1. The van der Waals surface area contributed by atoms with E-state index in [0.29, 0.717) is 11.5 Å². The van der Waals surface area contributed by atoms with Crippen LogP contribution in [0.15, 0.2) is 78.0 Å². The number of carbonyl (C=O) groups is 1. The van der Waals surface area contributed by atoms with E-state index in [1.165, 1.54) is 61.9 Å². The highest BCUT2D eigenvalue weighted by molar-refractivity contribution is 7.89. The van der Waals surface area contributed by atoms with Gasteiger partial charge in [-0.15, -0.1) is 0 Å². The monoisotopic (exact) mass is 449 g/mol. The number of rotatable bonds is 7. The Morgan fingerprint density at radius 2 is 1.66 bits per heavy atom. The number of hydrogen-bond acceptors (Lipinski definition) is 4. The lowest BCUT2D eigenvalue weighted by atomic mass is 9.84. The van der Waals surface area contributed by atoms with Crippen molar-refractivity contribution in [3.05, 3.63) is 89.7 Å². The van der Waals surface area contributed by atoms with Crippen LogP contribution >= 0.6 is 0 Å². The normalized spacial score (nSPS) is 14.8. The van der Waals surface area contributed by atoms with Gasteiger partial charge in [-0.05, 0) is 72.4 Å². The maximum Gasteiger partial charge on any atom is 0.255 e. The zero-order valence-corrected chi connectivity index (χ0v) is 18.6. The van der Waals surface area contributed by atoms with E-state index in [2.05, 4.69) is 27.2 Å². The van der Waals surface area contributed by atoms with Gasteiger partial charge in [-0.25, -0.2) is 13.1 Å². The fourth-order valence-electron chi connectivity index (χ4n) is 4.03. The Balaban J connectivity index is 1.36. The molecule has 1 heterocycles. The predicted molar refractivity (Wildman–Crippen MR) is 125 cm³/mol. The molecular weight excluding hydrogens is 422 g/mol. The Labute approximate surface area is 189 Å². The first-order chi connectivity index (χ1) is 15.5. The van der Waals surface area contributed by atoms with Gasteiger partial charge in [-0.1, -0.05) is 37.5 Å². The molecule has 0 spiro atoms. The molecule has 0 radical (unpaired) electrons. The summed E-state index contributed by atoms with van der Waals surface area (Å²) in [7, 11) is -3.68. The van der Waals surface area contributed by atoms with Gasteiger partial charge in [0, 0.05) is 30.2 Å². The van der Waals surface area contributed by atoms with Crippen molar-refractivity contribution in [1.82, 2.24) is 9.71 Å². The molecule has 1 aromatic heterocycles. The average Bonchev–Trinajstić information content (AvgIpc) is 2.84. The van der Waals surface area contributed by atoms with Gasteiger partial charge in [0.15, 0.2) is 0 Å². The van der Waals surface area contributed by atoms with Crippen LogP contribution < -0.4 is 10.0 Å². The zero-order chi connectivity index (χ0) is 22.4. The maximum atomic E-state index is 12.6. The summed E-state index contributed by atoms with van der Waals surface area (Å²) in [5, 5.41) is 2.88. The van der Waals surface area contributed by atoms with Crippen molar-refractivity contribution in [2.24, 2.45) is 0 Å². The molecule has 1 amide bonds. The summed E-state index contributed by atoms with van der Waals surface area (Å²) in [6.45, 7) is 0.148. The van der Waals surface area contributed by atoms with E-state index in [4.69, 9.17) is 0 Å². The Morgan fingerprint density at radius 3 is 2.31 bits per heavy atom. The van der Waals surface area contributed by atoms with Gasteiger partial charge in [-0.3, -0.25) is 9.78 Å². The van der Waals surface area contributed by atoms with Gasteiger partial charge >= 0.3 is 0 Å². The van der Waals surface area contributed by atoms with Crippen LogP contribution in [0.25, 0.3) is 0 Å². The van der Waals surface area contributed by atoms with Crippen LogP contribution in [-0.2, 0) is 16.6 Å². The molecule has 3 aromatic rings. The number of benzene rings is 2. The molecule has 0 bridgehead atoms. The lowest BCUT2D eigenvalue weighted by Gasteiger charge is -2.22. The van der Waals surface area contributed by atoms with Gasteiger partial charge in [0.1, 0.15) is 0 Å². The van der Waals surface area contributed by atoms with Gasteiger partial charge in [0.25, 0.3) is 5.91 Å². The highest BCUT2D eigenvalue weighted by Gasteiger charge is 2.17. The minimum absolute atomic E-state index is 0.106. The fraction of sp³-hybridized carbons (Fsp3) is 0.280. The highest BCUT2D eigenvalue weighted by Crippen LogP contribution is 2.33. The molecule has 166 valence electrons. The SMILES string of the molecule is O=C(Nc1ccc(C2CCCCC2)cc1)c1ccc(S(=O)(=O)NCc2cccnc2)cc1. The minimum atomic E-state index is -3.68. The van der Waals surface area contributed by atoms with E-state index in [9.17, 15) is 13.2 Å². The standard InChI is InChI=1S/C25H27N3O3S/c29-25(28-23-12-8-21(9-13-23)20-6-2-1-3-7-20)22-10-14-24(15-11-22)32(30,31)27-18-19-5-4-16-26-17-19/h4-5,8-17,20,27H,1-3,6-7,18H2,(H,28,29). The zero-order valence-electron chi connectivity index (χ0n) is 17.8. The third kappa shape index (κ3) is 5.60. The lowest BCUT2D eigenvalue weighted by molar-refractivity contribution is 0.102. The maximum absolute atomic E-state index is 12.6. The predicted octanol–water partition coefficient (Wildman–Crippen LogP) is 4.86. The largest absolute Gasteiger partial charge is 0.322 e. The molecule has 0 saturated heterocycles. The average molecular weight is 450 g/mol. The fourth-order valence-corrected chi connectivity index (χ4v) is 5.05. The molecule has 6 nitrogen and oxygen atoms in total. The molecule has 0 atom stereocenters. The van der Waals surface area contributed by atoms with Gasteiger partial charge in [0.05, 0.1) is 4.90 Å². The number of anilines is 1. The van der Waals surface area contributed by atoms with E-state index in [0.717, 1.165) is 11.3 Å². The van der Waals surface area contributed by atoms with E-state index in [-0.39, 0.29) is 17.3 Å². The van der Waals surface area contributed by atoms with Gasteiger partial charge in [-0.2, -0.15) is 0 Å². The number of nitrogens with zero attached hydrogens (tertiary/aromatic N) is 1. The summed E-state index contributed by atoms with van der Waals surface area (Å²) in [5.41, 5.74) is 3.22. The quantitative estimate of drug-likeness (QED) is 0.539. The molecular formula is C25H27N3O3S. The topological polar surface area (TPSA) is 88.2 Å². The van der Waals surface area contributed by atoms with E-state index in [1.54, 1.807) is 24.5 Å². The number of hydrogen-bond donors (Lipinski definition) is 2. The minimum Gasteiger partial charge on any atom is -0.322 e. The number of aromatic nitrogens is 1. The summed E-state index contributed by atoms with van der Waals surface area (Å²) in [6.07, 6.45) is 9.60. The number of carbonyl (C=O) groups excluding carboxylic acids is 1. The molecule has 2 aromatic carbocycles. The summed E-state index contributed by atoms with van der Waals surface area (Å²) in [5.74, 6) is 0.345. The number of pyridine rings is 1. The molecule has 1 saturated carbocycles. The second-order valence-electron chi connectivity index (χ2n) is 8.12. The first-order valence-corrected chi connectivity index (χ1v) is 12.4. The van der Waals surface area contributed by atoms with E-state index >= 15 is 0 Å². The summed E-state index contributed by atoms with van der Waals surface area (Å²) >= 11 is 0. The lowest BCUT2D eigenvalue weighted by Crippen LogP contribution is -2.23. The molecule has 0 unspecified atom stereocenters. The van der Waals surface area contributed by atoms with Crippen molar-refractivity contribution in [1.29, 1.82) is 0 Å². The molecule has 1 aliphatic rings. The van der Waals surface area contributed by atoms with Crippen LogP contribution in [0.1, 0.15) is 59.5 Å². The molecule has 1 fully saturated rings. The second-order valence-corrected chi connectivity index (χ2v) is 9.89. The van der Waals surface area contributed by atoms with Crippen LogP contribution in [0, 0.1) is 0 Å². The molecule has 2 N–H and O–H groups in total. The Kier molecular flexibility index (Phi) is 6.97. The third-order valence-corrected chi connectivity index (χ3v) is 7.28. The van der Waals surface area contributed by atoms with Crippen molar-refractivity contribution >= 4 is 21.6 Å². The van der Waals surface area contributed by atoms with E-state index < -0.39 is 10.0 Å². The van der Waals surface area contributed by atoms with Crippen molar-refractivity contribution < 1.29 is 13.2 Å². The summed E-state index contributed by atoms with van der Waals surface area (Å²) in [6, 6.07) is 17.5. The Bertz CT molecular complexity index is 1140. The number of nitrogens with one attached hydrogen (secondary N) is 2. The van der Waals surface area contributed by atoms with Crippen molar-refractivity contribution in [3.8, 4) is 0 Å². The summed E-state index contributed by atoms with van der Waals surface area (Å²) in [4.78, 5) is 16.7. The molecule has 7 heteroatoms. The van der Waals surface area contributed by atoms with Crippen molar-refractivity contribution in [2.45, 2.75) is 49.5 Å². The smallest absolute Gasteiger partial charge is 0.255 e. The van der Waals surface area contributed by atoms with Crippen LogP contribution in [-0.4, -0.2) is 19.3 Å². The molecule has 4 rings (SSSR count). The highest BCUT2D eigenvalue weighted by atomic mass is 32.2. The molecule has 32 heavy (non-hydrogen) atoms. The Hall–Kier alpha value is -3.03. The first kappa shape index (κ1) is 22.2. The van der Waals surface area contributed by atoms with Crippen LogP contribution in [0.4, 0.5) is 5.69 Å². The number of sulfonamides is 1. The first-order valence-electron chi connectivity index (χ1n) is 10.9. The Morgan fingerprint density at radius 1 is 0.938 bits per heavy atom. The van der Waals surface area contributed by atoms with E-state index in [1.807, 2.05) is 12.1 Å². The van der Waals surface area contributed by atoms with Crippen molar-refractivity contribution in [3.63, 3.8) is 0 Å². The van der Waals surface area contributed by atoms with Gasteiger partial charge < -0.3 is 5.32 Å². The van der Waals surface area contributed by atoms with Gasteiger partial charge in [0.2, 0.25) is 10.0 Å². The number of amides is 1.